The molecule has 5 nitrogen and oxygen atoms in total. The fraction of sp³-hybridized carbons (Fsp3) is 0.158. The maximum Gasteiger partial charge on any atom is 0.297 e. The Balaban J connectivity index is 2.08. The van der Waals surface area contributed by atoms with Crippen LogP contribution in [0.1, 0.15) is 11.3 Å². The van der Waals surface area contributed by atoms with Crippen LogP contribution in [0.25, 0.3) is 5.69 Å². The zero-order chi connectivity index (χ0) is 18.0. The van der Waals surface area contributed by atoms with E-state index in [-0.39, 0.29) is 5.56 Å². The van der Waals surface area contributed by atoms with Crippen LogP contribution in [0.4, 0.5) is 5.69 Å². The number of methoxy groups -OCH3 is 1. The summed E-state index contributed by atoms with van der Waals surface area (Å²) in [6.07, 6.45) is 1.66. The van der Waals surface area contributed by atoms with E-state index in [1.807, 2.05) is 67.2 Å². The van der Waals surface area contributed by atoms with E-state index in [9.17, 15) is 4.79 Å². The molecule has 128 valence electrons. The summed E-state index contributed by atoms with van der Waals surface area (Å²) in [4.78, 5) is 17.3. The zero-order valence-electron chi connectivity index (χ0n) is 14.2. The summed E-state index contributed by atoms with van der Waals surface area (Å²) < 4.78 is 9.68. The van der Waals surface area contributed by atoms with Crippen LogP contribution < -0.4 is 10.3 Å². The smallest absolute Gasteiger partial charge is 0.297 e. The molecule has 3 aromatic rings. The van der Waals surface area contributed by atoms with E-state index in [1.54, 1.807) is 18.0 Å². The molecule has 3 rings (SSSR count). The first kappa shape index (κ1) is 17.2. The lowest BCUT2D eigenvalue weighted by atomic mass is 10.2. The molecule has 0 N–H and O–H groups in total. The number of benzene rings is 2. The van der Waals surface area contributed by atoms with Crippen molar-refractivity contribution in [2.75, 3.05) is 7.11 Å². The first-order valence-corrected chi connectivity index (χ1v) is 8.54. The van der Waals surface area contributed by atoms with Crippen LogP contribution >= 0.6 is 15.9 Å². The Bertz CT molecular complexity index is 988. The molecule has 1 aromatic heterocycles. The lowest BCUT2D eigenvalue weighted by molar-refractivity contribution is 0.414. The van der Waals surface area contributed by atoms with Gasteiger partial charge in [0.05, 0.1) is 18.5 Å². The highest BCUT2D eigenvalue weighted by molar-refractivity contribution is 9.10. The van der Waals surface area contributed by atoms with E-state index < -0.39 is 0 Å². The van der Waals surface area contributed by atoms with E-state index in [0.29, 0.717) is 11.4 Å². The van der Waals surface area contributed by atoms with Gasteiger partial charge in [-0.15, -0.1) is 0 Å². The molecule has 2 aromatic carbocycles. The van der Waals surface area contributed by atoms with Gasteiger partial charge >= 0.3 is 0 Å². The number of ether oxygens (including phenoxy) is 1. The van der Waals surface area contributed by atoms with E-state index in [2.05, 4.69) is 20.9 Å². The quantitative estimate of drug-likeness (QED) is 0.622. The second kappa shape index (κ2) is 7.11. The van der Waals surface area contributed by atoms with Gasteiger partial charge < -0.3 is 4.74 Å². The first-order valence-electron chi connectivity index (χ1n) is 7.74. The monoisotopic (exact) mass is 399 g/mol. The normalized spacial score (nSPS) is 11.2. The Morgan fingerprint density at radius 1 is 1.16 bits per heavy atom. The number of para-hydroxylation sites is 1. The van der Waals surface area contributed by atoms with Crippen LogP contribution in [-0.2, 0) is 7.05 Å². The number of rotatable bonds is 4. The van der Waals surface area contributed by atoms with E-state index in [1.165, 1.54) is 0 Å². The number of hydrogen-bond donors (Lipinski definition) is 0. The summed E-state index contributed by atoms with van der Waals surface area (Å²) in [5.41, 5.74) is 2.65. The van der Waals surface area contributed by atoms with Gasteiger partial charge in [0.2, 0.25) is 0 Å². The molecular weight excluding hydrogens is 382 g/mol. The summed E-state index contributed by atoms with van der Waals surface area (Å²) >= 11 is 3.44. The van der Waals surface area contributed by atoms with Crippen LogP contribution in [0, 0.1) is 6.92 Å². The van der Waals surface area contributed by atoms with Crippen LogP contribution in [0.15, 0.2) is 62.8 Å². The van der Waals surface area contributed by atoms with Crippen molar-refractivity contribution in [2.45, 2.75) is 6.92 Å². The molecule has 0 saturated carbocycles. The van der Waals surface area contributed by atoms with Crippen LogP contribution in [0.2, 0.25) is 0 Å². The molecule has 0 bridgehead atoms. The molecule has 6 heteroatoms. The van der Waals surface area contributed by atoms with Crippen molar-refractivity contribution in [2.24, 2.45) is 12.0 Å². The molecule has 25 heavy (non-hydrogen) atoms. The summed E-state index contributed by atoms with van der Waals surface area (Å²) in [7, 11) is 3.46. The highest BCUT2D eigenvalue weighted by atomic mass is 79.9. The summed E-state index contributed by atoms with van der Waals surface area (Å²) in [6, 6.07) is 15.2. The molecule has 0 fully saturated rings. The van der Waals surface area contributed by atoms with Gasteiger partial charge in [0.1, 0.15) is 5.75 Å². The minimum absolute atomic E-state index is 0.156. The number of nitrogens with zero attached hydrogens (tertiary/aromatic N) is 3. The lowest BCUT2D eigenvalue weighted by Crippen LogP contribution is -2.19. The molecule has 0 aliphatic heterocycles. The van der Waals surface area contributed by atoms with Gasteiger partial charge in [-0.2, -0.15) is 0 Å². The predicted molar refractivity (Wildman–Crippen MR) is 104 cm³/mol. The average Bonchev–Trinajstić information content (AvgIpc) is 2.83. The van der Waals surface area contributed by atoms with Gasteiger partial charge in [-0.25, -0.2) is 9.67 Å². The van der Waals surface area contributed by atoms with Crippen molar-refractivity contribution in [3.63, 3.8) is 0 Å². The van der Waals surface area contributed by atoms with Gasteiger partial charge in [-0.05, 0) is 37.3 Å². The maximum absolute atomic E-state index is 12.8. The molecule has 0 saturated heterocycles. The fourth-order valence-corrected chi connectivity index (χ4v) is 3.02. The molecule has 0 atom stereocenters. The number of hydrogen-bond acceptors (Lipinski definition) is 3. The number of halogens is 1. The predicted octanol–water partition coefficient (Wildman–Crippen LogP) is 4.01. The van der Waals surface area contributed by atoms with Crippen molar-refractivity contribution in [3.05, 3.63) is 74.6 Å². The average molecular weight is 400 g/mol. The second-order valence-electron chi connectivity index (χ2n) is 5.55. The minimum atomic E-state index is -0.156. The Morgan fingerprint density at radius 3 is 2.56 bits per heavy atom. The Kier molecular flexibility index (Phi) is 4.90. The second-order valence-corrected chi connectivity index (χ2v) is 6.47. The van der Waals surface area contributed by atoms with E-state index in [0.717, 1.165) is 21.4 Å². The van der Waals surface area contributed by atoms with Crippen molar-refractivity contribution in [3.8, 4) is 11.4 Å². The van der Waals surface area contributed by atoms with Gasteiger partial charge in [-0.1, -0.05) is 34.1 Å². The fourth-order valence-electron chi connectivity index (χ4n) is 2.64. The van der Waals surface area contributed by atoms with Crippen molar-refractivity contribution < 1.29 is 4.74 Å². The van der Waals surface area contributed by atoms with Crippen molar-refractivity contribution >= 4 is 27.8 Å². The molecule has 0 aliphatic carbocycles. The van der Waals surface area contributed by atoms with Crippen LogP contribution in [-0.4, -0.2) is 22.7 Å². The Labute approximate surface area is 154 Å². The summed E-state index contributed by atoms with van der Waals surface area (Å²) in [5, 5.41) is 0. The standard InChI is InChI=1S/C19H18BrN3O2/c1-13-18(21-12-14-11-15(20)9-10-17(14)25-3)19(24)23(22(13)2)16-7-5-4-6-8-16/h4-12H,1-3H3. The van der Waals surface area contributed by atoms with Crippen molar-refractivity contribution in [1.82, 2.24) is 9.36 Å². The number of aliphatic imine (C=N–C) groups is 1. The summed E-state index contributed by atoms with van der Waals surface area (Å²) in [6.45, 7) is 1.88. The van der Waals surface area contributed by atoms with Gasteiger partial charge in [-0.3, -0.25) is 9.48 Å². The van der Waals surface area contributed by atoms with Crippen LogP contribution in [0.3, 0.4) is 0 Å². The largest absolute Gasteiger partial charge is 0.496 e. The third-order valence-electron chi connectivity index (χ3n) is 4.05. The Hall–Kier alpha value is -2.60. The zero-order valence-corrected chi connectivity index (χ0v) is 15.8. The molecular formula is C19H18BrN3O2. The molecule has 0 amide bonds. The van der Waals surface area contributed by atoms with Gasteiger partial charge in [0.25, 0.3) is 5.56 Å². The summed E-state index contributed by atoms with van der Waals surface area (Å²) in [5.74, 6) is 0.698. The number of aromatic nitrogens is 2. The Morgan fingerprint density at radius 2 is 1.88 bits per heavy atom. The highest BCUT2D eigenvalue weighted by Gasteiger charge is 2.15. The van der Waals surface area contributed by atoms with E-state index >= 15 is 0 Å². The molecule has 1 heterocycles. The molecule has 0 radical (unpaired) electrons. The third kappa shape index (κ3) is 3.30. The molecule has 0 aliphatic rings. The van der Waals surface area contributed by atoms with Gasteiger partial charge in [0.15, 0.2) is 5.69 Å². The van der Waals surface area contributed by atoms with Crippen molar-refractivity contribution in [1.29, 1.82) is 0 Å². The highest BCUT2D eigenvalue weighted by Crippen LogP contribution is 2.23. The molecule has 0 unspecified atom stereocenters. The van der Waals surface area contributed by atoms with Crippen LogP contribution in [0.5, 0.6) is 5.75 Å². The topological polar surface area (TPSA) is 48.5 Å². The lowest BCUT2D eigenvalue weighted by Gasteiger charge is -2.07. The minimum Gasteiger partial charge on any atom is -0.496 e. The first-order chi connectivity index (χ1) is 12.0. The molecule has 0 spiro atoms. The van der Waals surface area contributed by atoms with E-state index in [4.69, 9.17) is 4.74 Å². The van der Waals surface area contributed by atoms with Gasteiger partial charge in [0, 0.05) is 23.3 Å². The SMILES string of the molecule is COc1ccc(Br)cc1C=Nc1c(C)n(C)n(-c2ccccc2)c1=O. The maximum atomic E-state index is 12.8. The third-order valence-corrected chi connectivity index (χ3v) is 4.54.